The summed E-state index contributed by atoms with van der Waals surface area (Å²) in [5.41, 5.74) is 0.711. The van der Waals surface area contributed by atoms with E-state index in [-0.39, 0.29) is 10.5 Å². The van der Waals surface area contributed by atoms with Crippen LogP contribution in [-0.4, -0.2) is 69.0 Å². The third kappa shape index (κ3) is 3.47. The SMILES string of the molecule is CN(CCN1CCOCC1)S(=O)(=O)c1ccc2[nH]c(=O)oc2c1. The third-order valence-electron chi connectivity index (χ3n) is 3.94. The lowest BCUT2D eigenvalue weighted by atomic mass is 10.3. The van der Waals surface area contributed by atoms with Crippen molar-refractivity contribution in [3.05, 3.63) is 28.7 Å². The predicted molar refractivity (Wildman–Crippen MR) is 83.9 cm³/mol. The van der Waals surface area contributed by atoms with Gasteiger partial charge in [0.1, 0.15) is 0 Å². The van der Waals surface area contributed by atoms with E-state index in [9.17, 15) is 13.2 Å². The number of hydrogen-bond acceptors (Lipinski definition) is 6. The molecule has 2 aromatic rings. The monoisotopic (exact) mass is 341 g/mol. The Morgan fingerprint density at radius 3 is 2.78 bits per heavy atom. The largest absolute Gasteiger partial charge is 0.417 e. The van der Waals surface area contributed by atoms with Crippen molar-refractivity contribution < 1.29 is 17.6 Å². The Kier molecular flexibility index (Phi) is 4.53. The lowest BCUT2D eigenvalue weighted by Crippen LogP contribution is -2.41. The number of aromatic amines is 1. The molecule has 0 unspecified atom stereocenters. The molecule has 23 heavy (non-hydrogen) atoms. The first kappa shape index (κ1) is 16.2. The van der Waals surface area contributed by atoms with Crippen molar-refractivity contribution in [2.75, 3.05) is 46.4 Å². The summed E-state index contributed by atoms with van der Waals surface area (Å²) in [6.07, 6.45) is 0. The van der Waals surface area contributed by atoms with Gasteiger partial charge in [-0.3, -0.25) is 9.88 Å². The van der Waals surface area contributed by atoms with Crippen LogP contribution in [-0.2, 0) is 14.8 Å². The molecular weight excluding hydrogens is 322 g/mol. The summed E-state index contributed by atoms with van der Waals surface area (Å²) in [5.74, 6) is -0.602. The van der Waals surface area contributed by atoms with Crippen LogP contribution in [0, 0.1) is 0 Å². The molecule has 0 radical (unpaired) electrons. The summed E-state index contributed by atoms with van der Waals surface area (Å²) in [6.45, 7) is 4.03. The molecule has 0 atom stereocenters. The highest BCUT2D eigenvalue weighted by Crippen LogP contribution is 2.19. The zero-order valence-electron chi connectivity index (χ0n) is 12.8. The molecule has 0 spiro atoms. The molecule has 1 aromatic carbocycles. The highest BCUT2D eigenvalue weighted by Gasteiger charge is 2.22. The van der Waals surface area contributed by atoms with E-state index in [1.165, 1.54) is 22.5 Å². The second kappa shape index (κ2) is 6.44. The number of morpholine rings is 1. The van der Waals surface area contributed by atoms with E-state index in [2.05, 4.69) is 9.88 Å². The van der Waals surface area contributed by atoms with Gasteiger partial charge in [0.15, 0.2) is 5.58 Å². The Balaban J connectivity index is 1.74. The highest BCUT2D eigenvalue weighted by molar-refractivity contribution is 7.89. The van der Waals surface area contributed by atoms with Crippen molar-refractivity contribution in [2.45, 2.75) is 4.90 Å². The van der Waals surface area contributed by atoms with E-state index in [0.717, 1.165) is 13.1 Å². The first-order valence-corrected chi connectivity index (χ1v) is 8.80. The van der Waals surface area contributed by atoms with Crippen LogP contribution in [0.5, 0.6) is 0 Å². The fraction of sp³-hybridized carbons (Fsp3) is 0.500. The van der Waals surface area contributed by atoms with E-state index in [4.69, 9.17) is 9.15 Å². The number of H-pyrrole nitrogens is 1. The van der Waals surface area contributed by atoms with Crippen LogP contribution in [0.25, 0.3) is 11.1 Å². The molecule has 1 aliphatic heterocycles. The lowest BCUT2D eigenvalue weighted by molar-refractivity contribution is 0.0368. The average molecular weight is 341 g/mol. The van der Waals surface area contributed by atoms with Crippen LogP contribution in [0.4, 0.5) is 0 Å². The van der Waals surface area contributed by atoms with Gasteiger partial charge in [0.05, 0.1) is 23.6 Å². The summed E-state index contributed by atoms with van der Waals surface area (Å²) in [7, 11) is -2.07. The molecule has 9 heteroatoms. The van der Waals surface area contributed by atoms with Crippen molar-refractivity contribution >= 4 is 21.1 Å². The van der Waals surface area contributed by atoms with Gasteiger partial charge in [0.2, 0.25) is 10.0 Å². The van der Waals surface area contributed by atoms with Crippen LogP contribution in [0.15, 0.2) is 32.3 Å². The molecule has 0 bridgehead atoms. The first-order chi connectivity index (χ1) is 11.0. The minimum absolute atomic E-state index is 0.109. The van der Waals surface area contributed by atoms with E-state index < -0.39 is 15.8 Å². The van der Waals surface area contributed by atoms with Gasteiger partial charge in [-0.1, -0.05) is 0 Å². The standard InChI is InChI=1S/C14H19N3O5S/c1-16(4-5-17-6-8-21-9-7-17)23(19,20)11-2-3-12-13(10-11)22-14(18)15-12/h2-3,10H,4-9H2,1H3,(H,15,18). The van der Waals surface area contributed by atoms with Crippen LogP contribution in [0.3, 0.4) is 0 Å². The second-order valence-electron chi connectivity index (χ2n) is 5.45. The maximum absolute atomic E-state index is 12.6. The minimum atomic E-state index is -3.62. The van der Waals surface area contributed by atoms with Gasteiger partial charge in [-0.15, -0.1) is 0 Å². The quantitative estimate of drug-likeness (QED) is 0.827. The summed E-state index contributed by atoms with van der Waals surface area (Å²) >= 11 is 0. The Morgan fingerprint density at radius 2 is 2.04 bits per heavy atom. The van der Waals surface area contributed by atoms with Crippen molar-refractivity contribution in [1.29, 1.82) is 0 Å². The van der Waals surface area contributed by atoms with Crippen molar-refractivity contribution in [3.8, 4) is 0 Å². The number of sulfonamides is 1. The smallest absolute Gasteiger partial charge is 0.408 e. The maximum atomic E-state index is 12.6. The molecule has 2 heterocycles. The van der Waals surface area contributed by atoms with Crippen LogP contribution >= 0.6 is 0 Å². The summed E-state index contributed by atoms with van der Waals surface area (Å²) in [4.78, 5) is 15.9. The number of nitrogens with one attached hydrogen (secondary N) is 1. The molecule has 0 saturated carbocycles. The van der Waals surface area contributed by atoms with Gasteiger partial charge in [-0.05, 0) is 12.1 Å². The van der Waals surface area contributed by atoms with Gasteiger partial charge in [0.25, 0.3) is 0 Å². The second-order valence-corrected chi connectivity index (χ2v) is 7.50. The topological polar surface area (TPSA) is 95.9 Å². The van der Waals surface area contributed by atoms with Crippen molar-refractivity contribution in [3.63, 3.8) is 0 Å². The summed E-state index contributed by atoms with van der Waals surface area (Å²) in [6, 6.07) is 4.37. The normalized spacial score (nSPS) is 17.1. The number of ether oxygens (including phenoxy) is 1. The van der Waals surface area contributed by atoms with Gasteiger partial charge in [0, 0.05) is 39.3 Å². The highest BCUT2D eigenvalue weighted by atomic mass is 32.2. The number of oxazole rings is 1. The molecule has 1 aromatic heterocycles. The number of aromatic nitrogens is 1. The Labute approximate surface area is 133 Å². The fourth-order valence-corrected chi connectivity index (χ4v) is 3.67. The van der Waals surface area contributed by atoms with Gasteiger partial charge >= 0.3 is 5.76 Å². The molecule has 1 saturated heterocycles. The van der Waals surface area contributed by atoms with E-state index in [0.29, 0.717) is 31.8 Å². The Morgan fingerprint density at radius 1 is 1.30 bits per heavy atom. The van der Waals surface area contributed by atoms with Gasteiger partial charge in [-0.2, -0.15) is 4.31 Å². The molecule has 1 fully saturated rings. The number of likely N-dealkylation sites (N-methyl/N-ethyl adjacent to an activating group) is 1. The predicted octanol–water partition coefficient (Wildman–Crippen LogP) is 0.0738. The van der Waals surface area contributed by atoms with E-state index in [1.54, 1.807) is 7.05 Å². The number of nitrogens with zero attached hydrogens (tertiary/aromatic N) is 2. The number of rotatable bonds is 5. The zero-order valence-corrected chi connectivity index (χ0v) is 13.6. The summed E-state index contributed by atoms with van der Waals surface area (Å²) in [5, 5.41) is 0. The minimum Gasteiger partial charge on any atom is -0.408 e. The number of benzene rings is 1. The lowest BCUT2D eigenvalue weighted by Gasteiger charge is -2.28. The molecule has 126 valence electrons. The molecular formula is C14H19N3O5S. The third-order valence-corrected chi connectivity index (χ3v) is 5.79. The molecule has 0 amide bonds. The maximum Gasteiger partial charge on any atom is 0.417 e. The van der Waals surface area contributed by atoms with Crippen molar-refractivity contribution in [2.24, 2.45) is 0 Å². The Bertz CT molecular complexity index is 835. The molecule has 1 N–H and O–H groups in total. The number of hydrogen-bond donors (Lipinski definition) is 1. The van der Waals surface area contributed by atoms with Crippen LogP contribution in [0.1, 0.15) is 0 Å². The van der Waals surface area contributed by atoms with Crippen LogP contribution < -0.4 is 5.76 Å². The fourth-order valence-electron chi connectivity index (χ4n) is 2.49. The van der Waals surface area contributed by atoms with Crippen molar-refractivity contribution in [1.82, 2.24) is 14.2 Å². The van der Waals surface area contributed by atoms with E-state index >= 15 is 0 Å². The van der Waals surface area contributed by atoms with Gasteiger partial charge in [-0.25, -0.2) is 13.2 Å². The zero-order chi connectivity index (χ0) is 16.4. The molecule has 3 rings (SSSR count). The number of fused-ring (bicyclic) bond motifs is 1. The van der Waals surface area contributed by atoms with Gasteiger partial charge < -0.3 is 9.15 Å². The average Bonchev–Trinajstić information content (AvgIpc) is 2.92. The molecule has 1 aliphatic rings. The summed E-state index contributed by atoms with van der Waals surface area (Å²) < 4.78 is 36.7. The molecule has 8 nitrogen and oxygen atoms in total. The van der Waals surface area contributed by atoms with E-state index in [1.807, 2.05) is 0 Å². The first-order valence-electron chi connectivity index (χ1n) is 7.36. The Hall–Kier alpha value is -1.68. The molecule has 0 aliphatic carbocycles. The van der Waals surface area contributed by atoms with Crippen LogP contribution in [0.2, 0.25) is 0 Å².